The molecule has 1 N–H and O–H groups in total. The molecule has 7 nitrogen and oxygen atoms in total. The first-order valence-electron chi connectivity index (χ1n) is 15.2. The molecule has 0 spiro atoms. The van der Waals surface area contributed by atoms with Gasteiger partial charge in [-0.2, -0.15) is 0 Å². The predicted molar refractivity (Wildman–Crippen MR) is 163 cm³/mol. The van der Waals surface area contributed by atoms with Crippen molar-refractivity contribution in [3.05, 3.63) is 65.7 Å². The van der Waals surface area contributed by atoms with Crippen molar-refractivity contribution in [2.45, 2.75) is 89.8 Å². The Morgan fingerprint density at radius 1 is 0.927 bits per heavy atom. The van der Waals surface area contributed by atoms with E-state index in [9.17, 15) is 18.0 Å². The molecule has 2 aromatic rings. The van der Waals surface area contributed by atoms with Crippen LogP contribution in [0, 0.1) is 17.8 Å². The summed E-state index contributed by atoms with van der Waals surface area (Å²) in [7, 11) is -3.76. The molecule has 0 unspecified atom stereocenters. The van der Waals surface area contributed by atoms with Crippen LogP contribution in [0.2, 0.25) is 0 Å². The molecule has 2 amide bonds. The third-order valence-corrected chi connectivity index (χ3v) is 11.0. The van der Waals surface area contributed by atoms with Gasteiger partial charge in [0.25, 0.3) is 0 Å². The van der Waals surface area contributed by atoms with Gasteiger partial charge in [0, 0.05) is 12.6 Å². The molecule has 2 aromatic carbocycles. The summed E-state index contributed by atoms with van der Waals surface area (Å²) in [6, 6.07) is 16.6. The molecule has 4 aliphatic rings. The largest absolute Gasteiger partial charge is 0.352 e. The highest BCUT2D eigenvalue weighted by molar-refractivity contribution is 7.92. The Balaban J connectivity index is 1.37. The molecule has 4 saturated carbocycles. The lowest BCUT2D eigenvalue weighted by Gasteiger charge is -2.57. The number of nitrogens with one attached hydrogen (secondary N) is 1. The standard InChI is InChI=1S/C33H45N3O4S/c1-5-23(2)34-32(38)24(3)35(21-25-9-7-6-8-10-25)31(37)22-36(41(4,39)40)30-13-11-29(12-14-30)33-18-26-15-27(19-33)17-28(16-26)20-33/h6-14,23-24,26-28H,5,15-22H2,1-4H3,(H,34,38)/t23-,24-,26?,27?,28?,33?/m1/s1. The molecule has 0 heterocycles. The van der Waals surface area contributed by atoms with Gasteiger partial charge in [-0.15, -0.1) is 0 Å². The van der Waals surface area contributed by atoms with Gasteiger partial charge in [-0.1, -0.05) is 49.4 Å². The fraction of sp³-hybridized carbons (Fsp3) is 0.576. The molecule has 4 fully saturated rings. The lowest BCUT2D eigenvalue weighted by Crippen LogP contribution is -2.52. The fourth-order valence-corrected chi connectivity index (χ4v) is 8.74. The number of carbonyl (C=O) groups is 2. The fourth-order valence-electron chi connectivity index (χ4n) is 7.89. The first-order chi connectivity index (χ1) is 19.5. The van der Waals surface area contributed by atoms with Crippen molar-refractivity contribution >= 4 is 27.5 Å². The number of sulfonamides is 1. The van der Waals surface area contributed by atoms with Crippen molar-refractivity contribution in [3.63, 3.8) is 0 Å². The van der Waals surface area contributed by atoms with Crippen LogP contribution >= 0.6 is 0 Å². The van der Waals surface area contributed by atoms with Crippen LogP contribution in [0.4, 0.5) is 5.69 Å². The van der Waals surface area contributed by atoms with Crippen LogP contribution in [0.25, 0.3) is 0 Å². The van der Waals surface area contributed by atoms with Crippen LogP contribution in [0.5, 0.6) is 0 Å². The van der Waals surface area contributed by atoms with Gasteiger partial charge in [0.15, 0.2) is 0 Å². The lowest BCUT2D eigenvalue weighted by atomic mass is 9.48. The second-order valence-electron chi connectivity index (χ2n) is 13.0. The quantitative estimate of drug-likeness (QED) is 0.394. The van der Waals surface area contributed by atoms with E-state index in [4.69, 9.17) is 0 Å². The highest BCUT2D eigenvalue weighted by Crippen LogP contribution is 2.60. The summed E-state index contributed by atoms with van der Waals surface area (Å²) in [5, 5.41) is 2.96. The van der Waals surface area contributed by atoms with Crippen molar-refractivity contribution < 1.29 is 18.0 Å². The van der Waals surface area contributed by atoms with Crippen molar-refractivity contribution in [3.8, 4) is 0 Å². The highest BCUT2D eigenvalue weighted by Gasteiger charge is 2.51. The monoisotopic (exact) mass is 579 g/mol. The van der Waals surface area contributed by atoms with Gasteiger partial charge < -0.3 is 10.2 Å². The Hall–Kier alpha value is -2.87. The van der Waals surface area contributed by atoms with Gasteiger partial charge in [-0.25, -0.2) is 8.42 Å². The smallest absolute Gasteiger partial charge is 0.244 e. The van der Waals surface area contributed by atoms with Gasteiger partial charge in [0.2, 0.25) is 21.8 Å². The highest BCUT2D eigenvalue weighted by atomic mass is 32.2. The second-order valence-corrected chi connectivity index (χ2v) is 14.9. The lowest BCUT2D eigenvalue weighted by molar-refractivity contribution is -0.139. The number of carbonyl (C=O) groups excluding carboxylic acids is 2. The van der Waals surface area contributed by atoms with E-state index in [1.54, 1.807) is 6.92 Å². The molecule has 4 bridgehead atoms. The molecule has 0 saturated heterocycles. The number of hydrogen-bond donors (Lipinski definition) is 1. The minimum Gasteiger partial charge on any atom is -0.352 e. The normalized spacial score (nSPS) is 26.3. The zero-order chi connectivity index (χ0) is 29.4. The SMILES string of the molecule is CC[C@@H](C)NC(=O)[C@@H](C)N(Cc1ccccc1)C(=O)CN(c1ccc(C23CC4CC(CC(C4)C2)C3)cc1)S(C)(=O)=O. The first-order valence-corrected chi connectivity index (χ1v) is 17.0. The van der Waals surface area contributed by atoms with Crippen LogP contribution in [0.15, 0.2) is 54.6 Å². The molecule has 41 heavy (non-hydrogen) atoms. The van der Waals surface area contributed by atoms with Gasteiger partial charge in [0.1, 0.15) is 12.6 Å². The van der Waals surface area contributed by atoms with E-state index in [2.05, 4.69) is 17.4 Å². The molecule has 0 aliphatic heterocycles. The average Bonchev–Trinajstić information content (AvgIpc) is 2.93. The van der Waals surface area contributed by atoms with Crippen LogP contribution in [-0.4, -0.2) is 50.0 Å². The van der Waals surface area contributed by atoms with Crippen LogP contribution in [-0.2, 0) is 31.6 Å². The maximum atomic E-state index is 13.8. The van der Waals surface area contributed by atoms with Crippen molar-refractivity contribution in [1.29, 1.82) is 0 Å². The van der Waals surface area contributed by atoms with Gasteiger partial charge in [0.05, 0.1) is 11.9 Å². The maximum Gasteiger partial charge on any atom is 0.244 e. The molecule has 6 rings (SSSR count). The van der Waals surface area contributed by atoms with Gasteiger partial charge >= 0.3 is 0 Å². The van der Waals surface area contributed by atoms with Crippen LogP contribution < -0.4 is 9.62 Å². The molecule has 8 heteroatoms. The zero-order valence-electron chi connectivity index (χ0n) is 24.9. The van der Waals surface area contributed by atoms with E-state index in [-0.39, 0.29) is 30.5 Å². The molecule has 4 aliphatic carbocycles. The zero-order valence-corrected chi connectivity index (χ0v) is 25.7. The van der Waals surface area contributed by atoms with Crippen molar-refractivity contribution in [2.75, 3.05) is 17.1 Å². The summed E-state index contributed by atoms with van der Waals surface area (Å²) >= 11 is 0. The van der Waals surface area contributed by atoms with Gasteiger partial charge in [-0.3, -0.25) is 13.9 Å². The Bertz CT molecular complexity index is 1310. The third-order valence-electron chi connectivity index (χ3n) is 9.85. The summed E-state index contributed by atoms with van der Waals surface area (Å²) in [5.74, 6) is 1.79. The summed E-state index contributed by atoms with van der Waals surface area (Å²) in [6.07, 6.45) is 9.71. The van der Waals surface area contributed by atoms with Crippen LogP contribution in [0.3, 0.4) is 0 Å². The summed E-state index contributed by atoms with van der Waals surface area (Å²) in [4.78, 5) is 28.4. The number of anilines is 1. The minimum absolute atomic E-state index is 0.0290. The van der Waals surface area contributed by atoms with E-state index in [1.165, 1.54) is 53.3 Å². The van der Waals surface area contributed by atoms with Crippen LogP contribution in [0.1, 0.15) is 76.8 Å². The summed E-state index contributed by atoms with van der Waals surface area (Å²) in [6.45, 7) is 5.44. The Morgan fingerprint density at radius 2 is 1.49 bits per heavy atom. The molecule has 0 aromatic heterocycles. The first kappa shape index (κ1) is 29.6. The average molecular weight is 580 g/mol. The Morgan fingerprint density at radius 3 is 2.00 bits per heavy atom. The summed E-state index contributed by atoms with van der Waals surface area (Å²) < 4.78 is 27.2. The third kappa shape index (κ3) is 6.47. The Labute approximate surface area is 245 Å². The van der Waals surface area contributed by atoms with E-state index >= 15 is 0 Å². The molecular formula is C33H45N3O4S. The second kappa shape index (κ2) is 11.8. The topological polar surface area (TPSA) is 86.8 Å². The number of amides is 2. The van der Waals surface area contributed by atoms with E-state index in [0.717, 1.165) is 36.0 Å². The predicted octanol–water partition coefficient (Wildman–Crippen LogP) is 5.25. The molecule has 222 valence electrons. The van der Waals surface area contributed by atoms with E-state index in [1.807, 2.05) is 56.3 Å². The van der Waals surface area contributed by atoms with Crippen molar-refractivity contribution in [1.82, 2.24) is 10.2 Å². The Kier molecular flexibility index (Phi) is 8.51. The molecular weight excluding hydrogens is 534 g/mol. The minimum atomic E-state index is -3.76. The summed E-state index contributed by atoms with van der Waals surface area (Å²) in [5.41, 5.74) is 2.87. The maximum absolute atomic E-state index is 13.8. The molecule has 2 atom stereocenters. The number of rotatable bonds is 11. The number of hydrogen-bond acceptors (Lipinski definition) is 4. The van der Waals surface area contributed by atoms with Crippen molar-refractivity contribution in [2.24, 2.45) is 17.8 Å². The number of nitrogens with zero attached hydrogens (tertiary/aromatic N) is 2. The van der Waals surface area contributed by atoms with E-state index in [0.29, 0.717) is 5.69 Å². The molecule has 0 radical (unpaired) electrons. The van der Waals surface area contributed by atoms with Gasteiger partial charge in [-0.05, 0) is 105 Å². The van der Waals surface area contributed by atoms with E-state index < -0.39 is 22.0 Å². The number of benzene rings is 2.